The number of carbonyl (C=O) groups excluding carboxylic acids is 3. The first-order valence-electron chi connectivity index (χ1n) is 13.2. The molecule has 1 aliphatic carbocycles. The SMILES string of the molecule is COCCN1C(=O)[C@@H]2[C@H](C(=O)Nc3ccc(OC)cc3)[C@@H]3C=C[C@@]2(O3)[C@@H]1C(=O)N[C@@H]1CCC[C@@H](C)[C@@H]1C. The zero-order chi connectivity index (χ0) is 26.3. The van der Waals surface area contributed by atoms with Crippen LogP contribution in [0.4, 0.5) is 5.69 Å². The van der Waals surface area contributed by atoms with Gasteiger partial charge in [-0.3, -0.25) is 14.4 Å². The van der Waals surface area contributed by atoms with Crippen molar-refractivity contribution in [3.63, 3.8) is 0 Å². The van der Waals surface area contributed by atoms with Crippen LogP contribution >= 0.6 is 0 Å². The molecule has 2 bridgehead atoms. The third-order valence-corrected chi connectivity index (χ3v) is 8.85. The number of likely N-dealkylation sites (tertiary alicyclic amines) is 1. The van der Waals surface area contributed by atoms with Gasteiger partial charge in [0.1, 0.15) is 17.4 Å². The fourth-order valence-corrected chi connectivity index (χ4v) is 6.64. The van der Waals surface area contributed by atoms with Crippen molar-refractivity contribution in [1.82, 2.24) is 10.2 Å². The number of carbonyl (C=O) groups is 3. The van der Waals surface area contributed by atoms with Gasteiger partial charge < -0.3 is 29.7 Å². The molecule has 1 aromatic rings. The highest BCUT2D eigenvalue weighted by atomic mass is 16.5. The summed E-state index contributed by atoms with van der Waals surface area (Å²) >= 11 is 0. The molecule has 4 aliphatic rings. The van der Waals surface area contributed by atoms with Crippen LogP contribution in [0.3, 0.4) is 0 Å². The molecule has 1 spiro atoms. The molecule has 2 N–H and O–H groups in total. The van der Waals surface area contributed by atoms with E-state index in [2.05, 4.69) is 24.5 Å². The van der Waals surface area contributed by atoms with E-state index >= 15 is 0 Å². The number of methoxy groups -OCH3 is 2. The molecular weight excluding hydrogens is 474 g/mol. The van der Waals surface area contributed by atoms with Crippen molar-refractivity contribution in [3.8, 4) is 5.75 Å². The van der Waals surface area contributed by atoms with Crippen molar-refractivity contribution in [3.05, 3.63) is 36.4 Å². The lowest BCUT2D eigenvalue weighted by molar-refractivity contribution is -0.142. The summed E-state index contributed by atoms with van der Waals surface area (Å²) in [6.07, 6.45) is 6.22. The minimum atomic E-state index is -1.18. The summed E-state index contributed by atoms with van der Waals surface area (Å²) in [5.41, 5.74) is -0.576. The van der Waals surface area contributed by atoms with Gasteiger partial charge in [0.2, 0.25) is 17.7 Å². The highest BCUT2D eigenvalue weighted by Gasteiger charge is 2.72. The predicted octanol–water partition coefficient (Wildman–Crippen LogP) is 2.37. The van der Waals surface area contributed by atoms with Crippen molar-refractivity contribution in [2.24, 2.45) is 23.7 Å². The van der Waals surface area contributed by atoms with Gasteiger partial charge in [-0.05, 0) is 42.5 Å². The van der Waals surface area contributed by atoms with Crippen LogP contribution in [0.2, 0.25) is 0 Å². The standard InChI is InChI=1S/C28H37N3O6/c1-16-6-5-7-20(17(16)2)30-26(33)24-28-13-12-21(37-28)22(23(28)27(34)31(24)14-15-35-3)25(32)29-18-8-10-19(36-4)11-9-18/h8-13,16-17,20-24H,5-7,14-15H2,1-4H3,(H,29,32)(H,30,33)/t16-,17+,20-,21+,22-,23+,24+,28+/m1/s1. The van der Waals surface area contributed by atoms with Crippen LogP contribution in [0, 0.1) is 23.7 Å². The lowest BCUT2D eigenvalue weighted by Gasteiger charge is -2.38. The zero-order valence-corrected chi connectivity index (χ0v) is 21.9. The maximum Gasteiger partial charge on any atom is 0.246 e. The van der Waals surface area contributed by atoms with Gasteiger partial charge in [0.05, 0.1) is 31.7 Å². The van der Waals surface area contributed by atoms with Gasteiger partial charge in [0.15, 0.2) is 0 Å². The van der Waals surface area contributed by atoms with Crippen LogP contribution in [-0.4, -0.2) is 73.8 Å². The third-order valence-electron chi connectivity index (χ3n) is 8.85. The number of nitrogens with zero attached hydrogens (tertiary/aromatic N) is 1. The number of benzene rings is 1. The number of ether oxygens (including phenoxy) is 3. The van der Waals surface area contributed by atoms with Crippen LogP contribution in [0.5, 0.6) is 5.75 Å². The second kappa shape index (κ2) is 10.1. The van der Waals surface area contributed by atoms with E-state index in [9.17, 15) is 14.4 Å². The van der Waals surface area contributed by atoms with Crippen molar-refractivity contribution in [1.29, 1.82) is 0 Å². The van der Waals surface area contributed by atoms with Gasteiger partial charge in [-0.25, -0.2) is 0 Å². The van der Waals surface area contributed by atoms with Crippen molar-refractivity contribution in [2.45, 2.75) is 56.9 Å². The summed E-state index contributed by atoms with van der Waals surface area (Å²) in [5.74, 6) is -0.754. The van der Waals surface area contributed by atoms with E-state index in [1.54, 1.807) is 43.4 Å². The molecule has 3 amide bonds. The number of fused-ring (bicyclic) bond motifs is 1. The average Bonchev–Trinajstić information content (AvgIpc) is 3.53. The van der Waals surface area contributed by atoms with Crippen molar-refractivity contribution < 1.29 is 28.6 Å². The molecule has 8 atom stereocenters. The maximum atomic E-state index is 13.9. The van der Waals surface area contributed by atoms with E-state index in [4.69, 9.17) is 14.2 Å². The number of amides is 3. The van der Waals surface area contributed by atoms with E-state index in [1.807, 2.05) is 12.2 Å². The molecule has 3 fully saturated rings. The van der Waals surface area contributed by atoms with Crippen LogP contribution in [-0.2, 0) is 23.9 Å². The Morgan fingerprint density at radius 1 is 1.14 bits per heavy atom. The van der Waals surface area contributed by atoms with E-state index in [0.29, 0.717) is 23.3 Å². The quantitative estimate of drug-likeness (QED) is 0.519. The molecule has 0 aromatic heterocycles. The average molecular weight is 512 g/mol. The molecule has 3 heterocycles. The Balaban J connectivity index is 1.41. The molecule has 2 saturated heterocycles. The van der Waals surface area contributed by atoms with Gasteiger partial charge in [0, 0.05) is 25.4 Å². The number of anilines is 1. The molecule has 3 aliphatic heterocycles. The predicted molar refractivity (Wildman–Crippen MR) is 137 cm³/mol. The molecule has 9 nitrogen and oxygen atoms in total. The monoisotopic (exact) mass is 511 g/mol. The summed E-state index contributed by atoms with van der Waals surface area (Å²) < 4.78 is 16.8. The second-order valence-corrected chi connectivity index (χ2v) is 10.8. The fourth-order valence-electron chi connectivity index (χ4n) is 6.64. The summed E-state index contributed by atoms with van der Waals surface area (Å²) in [6.45, 7) is 4.93. The Labute approximate surface area is 217 Å². The lowest BCUT2D eigenvalue weighted by atomic mass is 9.73. The van der Waals surface area contributed by atoms with Gasteiger partial charge >= 0.3 is 0 Å². The smallest absolute Gasteiger partial charge is 0.246 e. The molecule has 5 rings (SSSR count). The van der Waals surface area contributed by atoms with Crippen molar-refractivity contribution in [2.75, 3.05) is 32.7 Å². The molecule has 0 radical (unpaired) electrons. The Morgan fingerprint density at radius 2 is 1.89 bits per heavy atom. The van der Waals surface area contributed by atoms with E-state index in [1.165, 1.54) is 0 Å². The van der Waals surface area contributed by atoms with Gasteiger partial charge in [-0.2, -0.15) is 0 Å². The van der Waals surface area contributed by atoms with E-state index in [-0.39, 0.29) is 36.9 Å². The molecule has 200 valence electrons. The summed E-state index contributed by atoms with van der Waals surface area (Å²) in [5, 5.41) is 6.18. The Bertz CT molecular complexity index is 1070. The van der Waals surface area contributed by atoms with Gasteiger partial charge in [-0.1, -0.05) is 38.8 Å². The number of nitrogens with one attached hydrogen (secondary N) is 2. The Hall–Kier alpha value is -2.91. The third kappa shape index (κ3) is 4.32. The van der Waals surface area contributed by atoms with Gasteiger partial charge in [-0.15, -0.1) is 0 Å². The Kier molecular flexibility index (Phi) is 7.02. The normalized spacial score (nSPS) is 35.9. The summed E-state index contributed by atoms with van der Waals surface area (Å²) in [7, 11) is 3.14. The first-order valence-corrected chi connectivity index (χ1v) is 13.2. The highest BCUT2D eigenvalue weighted by Crippen LogP contribution is 2.55. The topological polar surface area (TPSA) is 106 Å². The number of hydrogen-bond donors (Lipinski definition) is 2. The largest absolute Gasteiger partial charge is 0.497 e. The fraction of sp³-hybridized carbons (Fsp3) is 0.607. The lowest BCUT2D eigenvalue weighted by Crippen LogP contribution is -2.58. The van der Waals surface area contributed by atoms with Crippen molar-refractivity contribution >= 4 is 23.4 Å². The number of hydrogen-bond acceptors (Lipinski definition) is 6. The maximum absolute atomic E-state index is 13.9. The van der Waals surface area contributed by atoms with Crippen LogP contribution in [0.25, 0.3) is 0 Å². The van der Waals surface area contributed by atoms with Crippen LogP contribution in [0.1, 0.15) is 33.1 Å². The minimum absolute atomic E-state index is 0.0443. The summed E-state index contributed by atoms with van der Waals surface area (Å²) in [6, 6.07) is 6.21. The molecule has 1 saturated carbocycles. The molecule has 0 unspecified atom stereocenters. The summed E-state index contributed by atoms with van der Waals surface area (Å²) in [4.78, 5) is 42.7. The minimum Gasteiger partial charge on any atom is -0.497 e. The van der Waals surface area contributed by atoms with Gasteiger partial charge in [0.25, 0.3) is 0 Å². The zero-order valence-electron chi connectivity index (χ0n) is 21.9. The van der Waals surface area contributed by atoms with E-state index < -0.39 is 29.6 Å². The van der Waals surface area contributed by atoms with Crippen LogP contribution in [0.15, 0.2) is 36.4 Å². The first-order chi connectivity index (χ1) is 17.8. The van der Waals surface area contributed by atoms with E-state index in [0.717, 1.165) is 19.3 Å². The molecule has 9 heteroatoms. The molecule has 37 heavy (non-hydrogen) atoms. The first kappa shape index (κ1) is 25.7. The molecular formula is C28H37N3O6. The Morgan fingerprint density at radius 3 is 2.59 bits per heavy atom. The number of rotatable bonds is 8. The highest BCUT2D eigenvalue weighted by molar-refractivity contribution is 6.02. The second-order valence-electron chi connectivity index (χ2n) is 10.8. The molecule has 1 aromatic carbocycles. The van der Waals surface area contributed by atoms with Crippen LogP contribution < -0.4 is 15.4 Å².